The van der Waals surface area contributed by atoms with Crippen molar-refractivity contribution in [1.82, 2.24) is 14.9 Å². The van der Waals surface area contributed by atoms with E-state index in [0.29, 0.717) is 23.1 Å². The van der Waals surface area contributed by atoms with Crippen LogP contribution in [0.5, 0.6) is 11.5 Å². The van der Waals surface area contributed by atoms with Crippen LogP contribution in [0.1, 0.15) is 23.9 Å². The Morgan fingerprint density at radius 2 is 2.21 bits per heavy atom. The Kier molecular flexibility index (Phi) is 5.28. The average Bonchev–Trinajstić information content (AvgIpc) is 3.21. The van der Waals surface area contributed by atoms with Crippen LogP contribution in [0.4, 0.5) is 0 Å². The highest BCUT2D eigenvalue weighted by atomic mass is 35.5. The molecule has 1 N–H and O–H groups in total. The number of nitrogens with one attached hydrogen (secondary N) is 1. The van der Waals surface area contributed by atoms with Gasteiger partial charge in [-0.15, -0.1) is 0 Å². The summed E-state index contributed by atoms with van der Waals surface area (Å²) in [6.45, 7) is 1.34. The minimum Gasteiger partial charge on any atom is -0.493 e. The summed E-state index contributed by atoms with van der Waals surface area (Å²) >= 11 is 6.45. The summed E-state index contributed by atoms with van der Waals surface area (Å²) in [6.07, 6.45) is 4.60. The van der Waals surface area contributed by atoms with E-state index in [9.17, 15) is 0 Å². The molecule has 6 nitrogen and oxygen atoms in total. The predicted molar refractivity (Wildman–Crippen MR) is 91.7 cm³/mol. The summed E-state index contributed by atoms with van der Waals surface area (Å²) < 4.78 is 18.5. The van der Waals surface area contributed by atoms with Crippen LogP contribution >= 0.6 is 11.6 Å². The molecule has 1 aliphatic rings. The standard InChI is InChI=1S/C17H22ClN3O3/c1-21-8-7-19-17(21)15-12(6-9-24-15)20-10-11-4-5-13(22-2)16(23-3)14(11)18/h4-5,7-8,12,15,20H,6,9-10H2,1-3H3/t12-,15-/m0/s1. The molecule has 0 saturated carbocycles. The Balaban J connectivity index is 1.72. The lowest BCUT2D eigenvalue weighted by molar-refractivity contribution is 0.0893. The van der Waals surface area contributed by atoms with Crippen molar-refractivity contribution < 1.29 is 14.2 Å². The van der Waals surface area contributed by atoms with Crippen LogP contribution < -0.4 is 14.8 Å². The molecule has 7 heteroatoms. The molecular formula is C17H22ClN3O3. The molecule has 2 aromatic rings. The third kappa shape index (κ3) is 3.22. The number of imidazole rings is 1. The number of halogens is 1. The Morgan fingerprint density at radius 1 is 1.38 bits per heavy atom. The number of aryl methyl sites for hydroxylation is 1. The van der Waals surface area contributed by atoms with Crippen LogP contribution in [0.3, 0.4) is 0 Å². The lowest BCUT2D eigenvalue weighted by Gasteiger charge is -2.20. The summed E-state index contributed by atoms with van der Waals surface area (Å²) in [6, 6.07) is 4.00. The summed E-state index contributed by atoms with van der Waals surface area (Å²) in [5.74, 6) is 2.12. The van der Waals surface area contributed by atoms with Gasteiger partial charge in [-0.05, 0) is 18.1 Å². The van der Waals surface area contributed by atoms with Gasteiger partial charge < -0.3 is 24.1 Å². The molecule has 0 amide bonds. The Bertz CT molecular complexity index is 704. The van der Waals surface area contributed by atoms with Gasteiger partial charge in [-0.2, -0.15) is 0 Å². The van der Waals surface area contributed by atoms with Gasteiger partial charge in [0.05, 0.1) is 19.2 Å². The number of aromatic nitrogens is 2. The van der Waals surface area contributed by atoms with Gasteiger partial charge >= 0.3 is 0 Å². The topological polar surface area (TPSA) is 57.5 Å². The maximum Gasteiger partial charge on any atom is 0.179 e. The second-order valence-corrected chi connectivity index (χ2v) is 6.12. The van der Waals surface area contributed by atoms with E-state index >= 15 is 0 Å². The molecule has 130 valence electrons. The minimum absolute atomic E-state index is 0.0519. The number of nitrogens with zero attached hydrogens (tertiary/aromatic N) is 2. The van der Waals surface area contributed by atoms with E-state index in [1.54, 1.807) is 20.4 Å². The van der Waals surface area contributed by atoms with Gasteiger partial charge in [0.25, 0.3) is 0 Å². The van der Waals surface area contributed by atoms with Crippen molar-refractivity contribution >= 4 is 11.6 Å². The van der Waals surface area contributed by atoms with Gasteiger partial charge in [0.2, 0.25) is 0 Å². The van der Waals surface area contributed by atoms with Gasteiger partial charge in [-0.1, -0.05) is 17.7 Å². The second-order valence-electron chi connectivity index (χ2n) is 5.74. The van der Waals surface area contributed by atoms with E-state index in [2.05, 4.69) is 10.3 Å². The van der Waals surface area contributed by atoms with Crippen LogP contribution in [-0.4, -0.2) is 36.4 Å². The van der Waals surface area contributed by atoms with E-state index in [1.165, 1.54) is 0 Å². The molecule has 0 spiro atoms. The third-order valence-electron chi connectivity index (χ3n) is 4.32. The SMILES string of the molecule is COc1ccc(CN[C@H]2CCO[C@@H]2c2nccn2C)c(Cl)c1OC. The number of rotatable bonds is 6. The summed E-state index contributed by atoms with van der Waals surface area (Å²) in [7, 11) is 5.16. The fourth-order valence-corrected chi connectivity index (χ4v) is 3.31. The third-order valence-corrected chi connectivity index (χ3v) is 4.74. The van der Waals surface area contributed by atoms with Crippen molar-refractivity contribution in [1.29, 1.82) is 0 Å². The molecule has 2 heterocycles. The van der Waals surface area contributed by atoms with Crippen molar-refractivity contribution in [2.75, 3.05) is 20.8 Å². The number of ether oxygens (including phenoxy) is 3. The summed E-state index contributed by atoms with van der Waals surface area (Å²) in [5, 5.41) is 4.10. The summed E-state index contributed by atoms with van der Waals surface area (Å²) in [4.78, 5) is 4.41. The van der Waals surface area contributed by atoms with Crippen LogP contribution in [0.15, 0.2) is 24.5 Å². The van der Waals surface area contributed by atoms with Gasteiger partial charge in [-0.25, -0.2) is 4.98 Å². The van der Waals surface area contributed by atoms with E-state index in [1.807, 2.05) is 29.9 Å². The molecule has 0 radical (unpaired) electrons. The molecule has 1 aromatic heterocycles. The zero-order chi connectivity index (χ0) is 17.1. The van der Waals surface area contributed by atoms with E-state index in [0.717, 1.165) is 24.4 Å². The van der Waals surface area contributed by atoms with Crippen LogP contribution in [0.25, 0.3) is 0 Å². The van der Waals surface area contributed by atoms with Gasteiger partial charge in [0.1, 0.15) is 11.9 Å². The molecule has 1 aromatic carbocycles. The quantitative estimate of drug-likeness (QED) is 0.867. The largest absolute Gasteiger partial charge is 0.493 e. The molecular weight excluding hydrogens is 330 g/mol. The zero-order valence-electron chi connectivity index (χ0n) is 14.1. The van der Waals surface area contributed by atoms with Crippen LogP contribution in [-0.2, 0) is 18.3 Å². The van der Waals surface area contributed by atoms with Crippen LogP contribution in [0, 0.1) is 0 Å². The highest BCUT2D eigenvalue weighted by Crippen LogP contribution is 2.37. The van der Waals surface area contributed by atoms with Crippen molar-refractivity contribution in [3.63, 3.8) is 0 Å². The first-order valence-corrected chi connectivity index (χ1v) is 8.25. The molecule has 0 bridgehead atoms. The molecule has 24 heavy (non-hydrogen) atoms. The van der Waals surface area contributed by atoms with Crippen molar-refractivity contribution in [2.24, 2.45) is 7.05 Å². The smallest absolute Gasteiger partial charge is 0.179 e. The first kappa shape index (κ1) is 17.1. The highest BCUT2D eigenvalue weighted by Gasteiger charge is 2.32. The maximum atomic E-state index is 6.45. The first-order valence-electron chi connectivity index (χ1n) is 7.87. The number of benzene rings is 1. The van der Waals surface area contributed by atoms with Crippen molar-refractivity contribution in [2.45, 2.75) is 25.1 Å². The maximum absolute atomic E-state index is 6.45. The van der Waals surface area contributed by atoms with E-state index < -0.39 is 0 Å². The molecule has 1 fully saturated rings. The zero-order valence-corrected chi connectivity index (χ0v) is 14.8. The number of hydrogen-bond donors (Lipinski definition) is 1. The molecule has 0 unspecified atom stereocenters. The molecule has 1 saturated heterocycles. The van der Waals surface area contributed by atoms with Gasteiger partial charge in [0, 0.05) is 38.6 Å². The average molecular weight is 352 g/mol. The highest BCUT2D eigenvalue weighted by molar-refractivity contribution is 6.33. The van der Waals surface area contributed by atoms with E-state index in [-0.39, 0.29) is 12.1 Å². The second kappa shape index (κ2) is 7.42. The monoisotopic (exact) mass is 351 g/mol. The predicted octanol–water partition coefficient (Wildman–Crippen LogP) is 2.71. The van der Waals surface area contributed by atoms with Crippen LogP contribution in [0.2, 0.25) is 5.02 Å². The Labute approximate surface area is 146 Å². The Hall–Kier alpha value is -1.76. The Morgan fingerprint density at radius 3 is 2.88 bits per heavy atom. The normalized spacial score (nSPS) is 20.3. The fraction of sp³-hybridized carbons (Fsp3) is 0.471. The lowest BCUT2D eigenvalue weighted by atomic mass is 10.1. The summed E-state index contributed by atoms with van der Waals surface area (Å²) in [5.41, 5.74) is 0.958. The number of hydrogen-bond acceptors (Lipinski definition) is 5. The van der Waals surface area contributed by atoms with Crippen molar-refractivity contribution in [3.8, 4) is 11.5 Å². The number of methoxy groups -OCH3 is 2. The fourth-order valence-electron chi connectivity index (χ4n) is 3.01. The molecule has 1 aliphatic heterocycles. The van der Waals surface area contributed by atoms with Gasteiger partial charge in [0.15, 0.2) is 11.5 Å². The van der Waals surface area contributed by atoms with Gasteiger partial charge in [-0.3, -0.25) is 0 Å². The lowest BCUT2D eigenvalue weighted by Crippen LogP contribution is -2.32. The van der Waals surface area contributed by atoms with Crippen molar-refractivity contribution in [3.05, 3.63) is 40.9 Å². The molecule has 0 aliphatic carbocycles. The molecule has 2 atom stereocenters. The van der Waals surface area contributed by atoms with E-state index in [4.69, 9.17) is 25.8 Å². The minimum atomic E-state index is -0.0519. The molecule has 3 rings (SSSR count). The first-order chi connectivity index (χ1) is 11.7.